The van der Waals surface area contributed by atoms with E-state index in [0.29, 0.717) is 0 Å². The second-order valence-corrected chi connectivity index (χ2v) is 1.85. The van der Waals surface area contributed by atoms with Gasteiger partial charge in [0.25, 0.3) is 0 Å². The minimum atomic E-state index is 1.01. The number of nitrogens with two attached hydrogens (primary N) is 1. The van der Waals surface area contributed by atoms with E-state index in [1.165, 1.54) is 5.12 Å². The number of allylic oxidation sites excluding steroid dienone is 1. The van der Waals surface area contributed by atoms with Crippen LogP contribution < -0.4 is 11.4 Å². The molecule has 0 spiro atoms. The lowest BCUT2D eigenvalue weighted by molar-refractivity contribution is 0.154. The summed E-state index contributed by atoms with van der Waals surface area (Å²) in [6.07, 6.45) is 1.90. The van der Waals surface area contributed by atoms with Gasteiger partial charge in [-0.1, -0.05) is 0 Å². The number of rotatable bonds is 0. The Morgan fingerprint density at radius 2 is 2.38 bits per heavy atom. The lowest BCUT2D eigenvalue weighted by Crippen LogP contribution is -2.42. The molecule has 0 unspecified atom stereocenters. The Morgan fingerprint density at radius 1 is 1.75 bits per heavy atom. The molecule has 0 aliphatic carbocycles. The Hall–Kier alpha value is -0.740. The molecule has 0 aromatic carbocycles. The zero-order valence-corrected chi connectivity index (χ0v) is 5.05. The Bertz CT molecular complexity index is 119. The van der Waals surface area contributed by atoms with Crippen LogP contribution in [0, 0.1) is 0 Å². The molecule has 0 bridgehead atoms. The molecule has 46 valence electrons. The van der Waals surface area contributed by atoms with Crippen molar-refractivity contribution in [2.75, 3.05) is 7.05 Å². The van der Waals surface area contributed by atoms with Gasteiger partial charge in [0.05, 0.1) is 5.70 Å². The normalized spacial score (nSPS) is 19.6. The first-order valence-corrected chi connectivity index (χ1v) is 2.42. The number of hydrogen-bond acceptors (Lipinski definition) is 4. The van der Waals surface area contributed by atoms with Crippen LogP contribution in [0.2, 0.25) is 0 Å². The van der Waals surface area contributed by atoms with Gasteiger partial charge in [0.15, 0.2) is 0 Å². The number of hydrazine groups is 3. The van der Waals surface area contributed by atoms with E-state index in [1.807, 2.05) is 20.2 Å². The van der Waals surface area contributed by atoms with E-state index in [1.54, 1.807) is 5.01 Å². The molecule has 8 heavy (non-hydrogen) atoms. The maximum atomic E-state index is 5.38. The van der Waals surface area contributed by atoms with Crippen LogP contribution in [-0.4, -0.2) is 17.2 Å². The zero-order chi connectivity index (χ0) is 6.15. The van der Waals surface area contributed by atoms with E-state index < -0.39 is 0 Å². The molecular weight excluding hydrogens is 104 g/mol. The lowest BCUT2D eigenvalue weighted by atomic mass is 10.6. The highest BCUT2D eigenvalue weighted by Crippen LogP contribution is 2.01. The van der Waals surface area contributed by atoms with Crippen LogP contribution in [0.5, 0.6) is 0 Å². The van der Waals surface area contributed by atoms with Crippen molar-refractivity contribution in [2.45, 2.75) is 6.92 Å². The summed E-state index contributed by atoms with van der Waals surface area (Å²) >= 11 is 0. The summed E-state index contributed by atoms with van der Waals surface area (Å²) in [6, 6.07) is 0. The monoisotopic (exact) mass is 114 g/mol. The molecule has 0 aromatic heterocycles. The number of nitrogens with one attached hydrogen (secondary N) is 1. The maximum Gasteiger partial charge on any atom is 0.0635 e. The summed E-state index contributed by atoms with van der Waals surface area (Å²) in [6.45, 7) is 1.93. The summed E-state index contributed by atoms with van der Waals surface area (Å²) in [5, 5.41) is 3.25. The lowest BCUT2D eigenvalue weighted by Gasteiger charge is -2.14. The van der Waals surface area contributed by atoms with Crippen LogP contribution in [0.15, 0.2) is 11.9 Å². The standard InChI is InChI=1S/C4H10N4/c1-4-3-7(2)6-8(4)5/h3,6H,5H2,1-2H3. The van der Waals surface area contributed by atoms with Gasteiger partial charge in [0.2, 0.25) is 0 Å². The molecule has 0 saturated heterocycles. The van der Waals surface area contributed by atoms with Gasteiger partial charge < -0.3 is 0 Å². The third-order valence-electron chi connectivity index (χ3n) is 1.03. The van der Waals surface area contributed by atoms with Crippen LogP contribution in [0.3, 0.4) is 0 Å². The average Bonchev–Trinajstić information content (AvgIpc) is 1.85. The molecule has 0 radical (unpaired) electrons. The SMILES string of the molecule is CC1=CN(C)NN1N. The van der Waals surface area contributed by atoms with Crippen molar-refractivity contribution in [3.05, 3.63) is 11.9 Å². The van der Waals surface area contributed by atoms with Gasteiger partial charge >= 0.3 is 0 Å². The van der Waals surface area contributed by atoms with E-state index in [0.717, 1.165) is 5.70 Å². The minimum absolute atomic E-state index is 1.01. The van der Waals surface area contributed by atoms with Crippen LogP contribution in [0.25, 0.3) is 0 Å². The molecule has 0 amide bonds. The number of nitrogens with zero attached hydrogens (tertiary/aromatic N) is 2. The molecule has 1 heterocycles. The van der Waals surface area contributed by atoms with Crippen LogP contribution in [0.1, 0.15) is 6.92 Å². The predicted octanol–water partition coefficient (Wildman–Crippen LogP) is -0.612. The third-order valence-corrected chi connectivity index (χ3v) is 1.03. The number of hydrogen-bond donors (Lipinski definition) is 2. The fourth-order valence-electron chi connectivity index (χ4n) is 0.620. The van der Waals surface area contributed by atoms with Gasteiger partial charge in [-0.3, -0.25) is 5.01 Å². The molecule has 0 atom stereocenters. The molecular formula is C4H10N4. The average molecular weight is 114 g/mol. The quantitative estimate of drug-likeness (QED) is 0.412. The first kappa shape index (κ1) is 5.40. The fourth-order valence-corrected chi connectivity index (χ4v) is 0.620. The Balaban J connectivity index is 2.59. The molecule has 4 nitrogen and oxygen atoms in total. The fraction of sp³-hybridized carbons (Fsp3) is 0.500. The summed E-state index contributed by atoms with van der Waals surface area (Å²) in [5.74, 6) is 5.38. The molecule has 0 aromatic rings. The highest BCUT2D eigenvalue weighted by atomic mass is 15.9. The first-order valence-electron chi connectivity index (χ1n) is 2.42. The molecule has 1 aliphatic heterocycles. The third kappa shape index (κ3) is 0.753. The van der Waals surface area contributed by atoms with Crippen LogP contribution in [-0.2, 0) is 0 Å². The van der Waals surface area contributed by atoms with Crippen LogP contribution >= 0.6 is 0 Å². The van der Waals surface area contributed by atoms with E-state index >= 15 is 0 Å². The van der Waals surface area contributed by atoms with Gasteiger partial charge in [0, 0.05) is 13.2 Å². The van der Waals surface area contributed by atoms with Gasteiger partial charge in [-0.25, -0.2) is 11.0 Å². The first-order chi connectivity index (χ1) is 3.70. The summed E-state index contributed by atoms with van der Waals surface area (Å²) in [4.78, 5) is 0. The second kappa shape index (κ2) is 1.65. The Kier molecular flexibility index (Phi) is 1.11. The topological polar surface area (TPSA) is 44.5 Å². The highest BCUT2D eigenvalue weighted by Gasteiger charge is 2.07. The van der Waals surface area contributed by atoms with Gasteiger partial charge in [0.1, 0.15) is 0 Å². The summed E-state index contributed by atoms with van der Waals surface area (Å²) < 4.78 is 0. The van der Waals surface area contributed by atoms with Crippen molar-refractivity contribution in [3.8, 4) is 0 Å². The van der Waals surface area contributed by atoms with Crippen LogP contribution in [0.4, 0.5) is 0 Å². The van der Waals surface area contributed by atoms with Crippen molar-refractivity contribution in [2.24, 2.45) is 5.84 Å². The van der Waals surface area contributed by atoms with Gasteiger partial charge in [-0.2, -0.15) is 0 Å². The molecule has 1 aliphatic rings. The predicted molar refractivity (Wildman–Crippen MR) is 30.7 cm³/mol. The molecule has 4 heteroatoms. The van der Waals surface area contributed by atoms with E-state index in [-0.39, 0.29) is 0 Å². The summed E-state index contributed by atoms with van der Waals surface area (Å²) in [5.41, 5.74) is 3.83. The Morgan fingerprint density at radius 3 is 2.50 bits per heavy atom. The maximum absolute atomic E-state index is 5.38. The summed E-state index contributed by atoms with van der Waals surface area (Å²) in [7, 11) is 1.89. The van der Waals surface area contributed by atoms with Crippen molar-refractivity contribution >= 4 is 0 Å². The van der Waals surface area contributed by atoms with Gasteiger partial charge in [-0.15, -0.1) is 5.53 Å². The highest BCUT2D eigenvalue weighted by molar-refractivity contribution is 4.96. The van der Waals surface area contributed by atoms with Crippen molar-refractivity contribution < 1.29 is 0 Å². The largest absolute Gasteiger partial charge is 0.298 e. The van der Waals surface area contributed by atoms with Crippen molar-refractivity contribution in [1.29, 1.82) is 0 Å². The molecule has 1 rings (SSSR count). The van der Waals surface area contributed by atoms with E-state index in [9.17, 15) is 0 Å². The molecule has 3 N–H and O–H groups in total. The van der Waals surface area contributed by atoms with E-state index in [4.69, 9.17) is 5.84 Å². The van der Waals surface area contributed by atoms with E-state index in [2.05, 4.69) is 5.53 Å². The van der Waals surface area contributed by atoms with Crippen molar-refractivity contribution in [1.82, 2.24) is 15.7 Å². The smallest absolute Gasteiger partial charge is 0.0635 e. The van der Waals surface area contributed by atoms with Crippen molar-refractivity contribution in [3.63, 3.8) is 0 Å². The van der Waals surface area contributed by atoms with Gasteiger partial charge in [-0.05, 0) is 6.92 Å². The minimum Gasteiger partial charge on any atom is -0.298 e. The molecule has 0 fully saturated rings. The Labute approximate surface area is 48.5 Å². The molecule has 0 saturated carbocycles. The second-order valence-electron chi connectivity index (χ2n) is 1.85. The zero-order valence-electron chi connectivity index (χ0n) is 5.05.